The topological polar surface area (TPSA) is 49.6 Å². The Morgan fingerprint density at radius 1 is 0.963 bits per heavy atom. The Hall–Kier alpha value is -2.68. The minimum Gasteiger partial charge on any atom is -0.353 e. The van der Waals surface area contributed by atoms with Gasteiger partial charge in [-0.15, -0.1) is 15.3 Å². The predicted octanol–water partition coefficient (Wildman–Crippen LogP) is 2.77. The van der Waals surface area contributed by atoms with E-state index in [9.17, 15) is 13.2 Å². The van der Waals surface area contributed by atoms with Gasteiger partial charge in [-0.05, 0) is 30.2 Å². The largest absolute Gasteiger partial charge is 0.453 e. The zero-order chi connectivity index (χ0) is 19.0. The van der Waals surface area contributed by atoms with Crippen LogP contribution in [0, 0.1) is 6.92 Å². The van der Waals surface area contributed by atoms with E-state index in [2.05, 4.69) is 39.3 Å². The van der Waals surface area contributed by atoms with Crippen molar-refractivity contribution in [3.8, 4) is 0 Å². The Labute approximate surface area is 154 Å². The normalized spacial score (nSPS) is 16.2. The fraction of sp³-hybridized carbons (Fsp3) is 0.389. The molecule has 0 unspecified atom stereocenters. The summed E-state index contributed by atoms with van der Waals surface area (Å²) in [7, 11) is 0. The number of fused-ring (bicyclic) bond motifs is 1. The number of aryl methyl sites for hydroxylation is 1. The van der Waals surface area contributed by atoms with Crippen molar-refractivity contribution in [2.45, 2.75) is 19.6 Å². The minimum atomic E-state index is -4.59. The van der Waals surface area contributed by atoms with Crippen molar-refractivity contribution in [1.29, 1.82) is 0 Å². The van der Waals surface area contributed by atoms with E-state index in [1.165, 1.54) is 17.2 Å². The number of rotatable bonds is 3. The van der Waals surface area contributed by atoms with Gasteiger partial charge < -0.3 is 4.90 Å². The molecule has 4 rings (SSSR count). The molecule has 1 aliphatic rings. The standard InChI is InChI=1S/C18H19F3N6/c1-13-4-2-3-5-14(13)12-25-8-10-26(11-9-25)16-7-6-15-22-23-17(18(19,20)21)27(15)24-16/h2-7H,8-12H2,1H3. The molecule has 0 spiro atoms. The number of nitrogens with zero attached hydrogens (tertiary/aromatic N) is 6. The third-order valence-corrected chi connectivity index (χ3v) is 4.85. The maximum atomic E-state index is 13.0. The summed E-state index contributed by atoms with van der Waals surface area (Å²) in [5, 5.41) is 10.9. The summed E-state index contributed by atoms with van der Waals surface area (Å²) in [6.07, 6.45) is -4.59. The fourth-order valence-electron chi connectivity index (χ4n) is 3.29. The summed E-state index contributed by atoms with van der Waals surface area (Å²) in [4.78, 5) is 4.34. The highest BCUT2D eigenvalue weighted by atomic mass is 19.4. The van der Waals surface area contributed by atoms with Crippen molar-refractivity contribution >= 4 is 11.5 Å². The van der Waals surface area contributed by atoms with Crippen LogP contribution in [0.25, 0.3) is 5.65 Å². The Bertz CT molecular complexity index is 944. The summed E-state index contributed by atoms with van der Waals surface area (Å²) in [5.74, 6) is -0.596. The lowest BCUT2D eigenvalue weighted by Gasteiger charge is -2.35. The van der Waals surface area contributed by atoms with Gasteiger partial charge in [0.1, 0.15) is 5.82 Å². The monoisotopic (exact) mass is 376 g/mol. The summed E-state index contributed by atoms with van der Waals surface area (Å²) in [6.45, 7) is 6.02. The lowest BCUT2D eigenvalue weighted by molar-refractivity contribution is -0.146. The van der Waals surface area contributed by atoms with Gasteiger partial charge in [-0.1, -0.05) is 24.3 Å². The maximum Gasteiger partial charge on any atom is 0.453 e. The Morgan fingerprint density at radius 2 is 1.70 bits per heavy atom. The number of anilines is 1. The summed E-state index contributed by atoms with van der Waals surface area (Å²) in [6, 6.07) is 11.5. The molecule has 0 radical (unpaired) electrons. The molecule has 0 N–H and O–H groups in total. The second kappa shape index (κ2) is 6.80. The van der Waals surface area contributed by atoms with Crippen LogP contribution < -0.4 is 4.90 Å². The van der Waals surface area contributed by atoms with Crippen LogP contribution in [-0.4, -0.2) is 50.9 Å². The first-order valence-electron chi connectivity index (χ1n) is 8.73. The highest BCUT2D eigenvalue weighted by Crippen LogP contribution is 2.28. The summed E-state index contributed by atoms with van der Waals surface area (Å²) < 4.78 is 39.9. The molecule has 0 bridgehead atoms. The first-order chi connectivity index (χ1) is 12.9. The molecule has 6 nitrogen and oxygen atoms in total. The molecule has 0 saturated carbocycles. The maximum absolute atomic E-state index is 13.0. The molecule has 27 heavy (non-hydrogen) atoms. The highest BCUT2D eigenvalue weighted by Gasteiger charge is 2.37. The molecule has 0 atom stereocenters. The van der Waals surface area contributed by atoms with Crippen LogP contribution >= 0.6 is 0 Å². The molecule has 9 heteroatoms. The van der Waals surface area contributed by atoms with Crippen LogP contribution in [-0.2, 0) is 12.7 Å². The molecule has 1 fully saturated rings. The lowest BCUT2D eigenvalue weighted by atomic mass is 10.1. The van der Waals surface area contributed by atoms with Crippen molar-refractivity contribution < 1.29 is 13.2 Å². The molecule has 1 aromatic carbocycles. The van der Waals surface area contributed by atoms with Crippen molar-refractivity contribution in [2.75, 3.05) is 31.1 Å². The Balaban J connectivity index is 1.47. The van der Waals surface area contributed by atoms with Crippen molar-refractivity contribution in [3.05, 3.63) is 53.3 Å². The van der Waals surface area contributed by atoms with Crippen LogP contribution in [0.2, 0.25) is 0 Å². The molecule has 0 aliphatic carbocycles. The highest BCUT2D eigenvalue weighted by molar-refractivity contribution is 5.46. The van der Waals surface area contributed by atoms with Gasteiger partial charge in [0.05, 0.1) is 0 Å². The van der Waals surface area contributed by atoms with Crippen LogP contribution in [0.15, 0.2) is 36.4 Å². The van der Waals surface area contributed by atoms with Crippen molar-refractivity contribution in [1.82, 2.24) is 24.7 Å². The lowest BCUT2D eigenvalue weighted by Crippen LogP contribution is -2.46. The van der Waals surface area contributed by atoms with Gasteiger partial charge in [-0.3, -0.25) is 4.90 Å². The van der Waals surface area contributed by atoms with Gasteiger partial charge in [0.2, 0.25) is 0 Å². The number of aromatic nitrogens is 4. The van der Waals surface area contributed by atoms with Gasteiger partial charge >= 0.3 is 6.18 Å². The number of hydrogen-bond acceptors (Lipinski definition) is 5. The first kappa shape index (κ1) is 17.7. The van der Waals surface area contributed by atoms with E-state index in [1.807, 2.05) is 17.0 Å². The van der Waals surface area contributed by atoms with Crippen LogP contribution in [0.4, 0.5) is 19.0 Å². The van der Waals surface area contributed by atoms with Crippen LogP contribution in [0.5, 0.6) is 0 Å². The minimum absolute atomic E-state index is 0.0873. The average molecular weight is 376 g/mol. The molecule has 0 amide bonds. The Kier molecular flexibility index (Phi) is 4.47. The fourth-order valence-corrected chi connectivity index (χ4v) is 3.29. The van der Waals surface area contributed by atoms with Crippen LogP contribution in [0.3, 0.4) is 0 Å². The summed E-state index contributed by atoms with van der Waals surface area (Å²) >= 11 is 0. The van der Waals surface area contributed by atoms with Gasteiger partial charge in [0.15, 0.2) is 5.65 Å². The van der Waals surface area contributed by atoms with E-state index in [4.69, 9.17) is 0 Å². The molecular formula is C18H19F3N6. The molecule has 2 aromatic heterocycles. The third kappa shape index (κ3) is 3.59. The Morgan fingerprint density at radius 3 is 2.41 bits per heavy atom. The molecule has 1 aliphatic heterocycles. The molecule has 3 heterocycles. The second-order valence-electron chi connectivity index (χ2n) is 6.67. The number of hydrogen-bond donors (Lipinski definition) is 0. The molecule has 3 aromatic rings. The van der Waals surface area contributed by atoms with Crippen LogP contribution in [0.1, 0.15) is 17.0 Å². The van der Waals surface area contributed by atoms with Gasteiger partial charge in [0, 0.05) is 32.7 Å². The number of benzene rings is 1. The van der Waals surface area contributed by atoms with Gasteiger partial charge in [-0.25, -0.2) is 0 Å². The van der Waals surface area contributed by atoms with E-state index in [1.54, 1.807) is 6.07 Å². The van der Waals surface area contributed by atoms with E-state index in [0.717, 1.165) is 24.1 Å². The van der Waals surface area contributed by atoms with E-state index in [-0.39, 0.29) is 5.65 Å². The number of alkyl halides is 3. The average Bonchev–Trinajstić information content (AvgIpc) is 3.08. The van der Waals surface area contributed by atoms with Crippen molar-refractivity contribution in [2.24, 2.45) is 0 Å². The van der Waals surface area contributed by atoms with E-state index < -0.39 is 12.0 Å². The quantitative estimate of drug-likeness (QED) is 0.704. The SMILES string of the molecule is Cc1ccccc1CN1CCN(c2ccc3nnc(C(F)(F)F)n3n2)CC1. The van der Waals surface area contributed by atoms with E-state index in [0.29, 0.717) is 18.9 Å². The number of halogens is 3. The zero-order valence-electron chi connectivity index (χ0n) is 14.8. The predicted molar refractivity (Wildman–Crippen MR) is 94.5 cm³/mol. The third-order valence-electron chi connectivity index (χ3n) is 4.85. The second-order valence-corrected chi connectivity index (χ2v) is 6.67. The molecule has 1 saturated heterocycles. The zero-order valence-corrected chi connectivity index (χ0v) is 14.8. The van der Waals surface area contributed by atoms with Crippen molar-refractivity contribution in [3.63, 3.8) is 0 Å². The smallest absolute Gasteiger partial charge is 0.353 e. The summed E-state index contributed by atoms with van der Waals surface area (Å²) in [5.41, 5.74) is 2.65. The van der Waals surface area contributed by atoms with Gasteiger partial charge in [0.25, 0.3) is 5.82 Å². The van der Waals surface area contributed by atoms with Gasteiger partial charge in [-0.2, -0.15) is 17.7 Å². The first-order valence-corrected chi connectivity index (χ1v) is 8.73. The number of piperazine rings is 1. The molecular weight excluding hydrogens is 357 g/mol. The molecule has 142 valence electrons. The van der Waals surface area contributed by atoms with E-state index >= 15 is 0 Å².